The zero-order valence-corrected chi connectivity index (χ0v) is 18.3. The molecule has 0 aliphatic carbocycles. The first-order valence-electron chi connectivity index (χ1n) is 9.48. The molecule has 1 N–H and O–H groups in total. The first kappa shape index (κ1) is 22.0. The van der Waals surface area contributed by atoms with E-state index in [4.69, 9.17) is 4.74 Å². The van der Waals surface area contributed by atoms with Crippen LogP contribution in [-0.4, -0.2) is 73.8 Å². The largest absolute Gasteiger partial charge is 0.378 e. The van der Waals surface area contributed by atoms with Gasteiger partial charge in [-0.05, 0) is 53.0 Å². The third-order valence-corrected chi connectivity index (χ3v) is 5.33. The van der Waals surface area contributed by atoms with Crippen LogP contribution in [0.25, 0.3) is 0 Å². The summed E-state index contributed by atoms with van der Waals surface area (Å²) in [4.78, 5) is 9.51. The van der Waals surface area contributed by atoms with E-state index in [1.165, 1.54) is 25.8 Å². The van der Waals surface area contributed by atoms with Gasteiger partial charge in [-0.25, -0.2) is 0 Å². The van der Waals surface area contributed by atoms with E-state index >= 15 is 0 Å². The highest BCUT2D eigenvalue weighted by Gasteiger charge is 2.25. The Labute approximate surface area is 165 Å². The van der Waals surface area contributed by atoms with Crippen LogP contribution in [-0.2, 0) is 4.74 Å². The van der Waals surface area contributed by atoms with Gasteiger partial charge in [0.15, 0.2) is 5.96 Å². The molecule has 0 aromatic rings. The number of halogens is 1. The van der Waals surface area contributed by atoms with E-state index in [1.807, 2.05) is 7.05 Å². The maximum Gasteiger partial charge on any atom is 0.193 e. The van der Waals surface area contributed by atoms with Crippen LogP contribution in [0.15, 0.2) is 4.99 Å². The second kappa shape index (κ2) is 11.5. The summed E-state index contributed by atoms with van der Waals surface area (Å²) in [6, 6.07) is 1.27. The molecule has 0 bridgehead atoms. The molecule has 0 aromatic heterocycles. The Kier molecular flexibility index (Phi) is 10.5. The second-order valence-electron chi connectivity index (χ2n) is 7.00. The molecule has 5 nitrogen and oxygen atoms in total. The van der Waals surface area contributed by atoms with Crippen molar-refractivity contribution in [3.63, 3.8) is 0 Å². The molecule has 2 aliphatic heterocycles. The van der Waals surface area contributed by atoms with Gasteiger partial charge in [-0.3, -0.25) is 9.89 Å². The smallest absolute Gasteiger partial charge is 0.193 e. The number of hydrogen-bond acceptors (Lipinski definition) is 3. The van der Waals surface area contributed by atoms with Gasteiger partial charge in [-0.2, -0.15) is 0 Å². The number of ether oxygens (including phenoxy) is 1. The summed E-state index contributed by atoms with van der Waals surface area (Å²) in [7, 11) is 1.89. The predicted molar refractivity (Wildman–Crippen MR) is 112 cm³/mol. The van der Waals surface area contributed by atoms with Crippen LogP contribution in [0.5, 0.6) is 0 Å². The van der Waals surface area contributed by atoms with Gasteiger partial charge in [0, 0.05) is 45.4 Å². The summed E-state index contributed by atoms with van der Waals surface area (Å²) in [5.41, 5.74) is 0. The van der Waals surface area contributed by atoms with Crippen LogP contribution in [0.2, 0.25) is 0 Å². The van der Waals surface area contributed by atoms with Gasteiger partial charge in [-0.15, -0.1) is 24.0 Å². The summed E-state index contributed by atoms with van der Waals surface area (Å²) < 4.78 is 5.74. The molecule has 2 rings (SSSR count). The van der Waals surface area contributed by atoms with Gasteiger partial charge in [0.05, 0.1) is 6.10 Å². The molecule has 2 atom stereocenters. The quantitative estimate of drug-likeness (QED) is 0.396. The van der Waals surface area contributed by atoms with Crippen molar-refractivity contribution in [3.8, 4) is 0 Å². The second-order valence-corrected chi connectivity index (χ2v) is 7.00. The highest BCUT2D eigenvalue weighted by atomic mass is 127. The number of guanidine groups is 1. The molecule has 6 heteroatoms. The van der Waals surface area contributed by atoms with Crippen molar-refractivity contribution >= 4 is 29.9 Å². The molecule has 2 unspecified atom stereocenters. The summed E-state index contributed by atoms with van der Waals surface area (Å²) >= 11 is 0. The SMILES string of the molecule is CCOC1CCN(C(=NC)NCC(C)N2CCCCC2C)CC1.I. The number of rotatable bonds is 5. The Morgan fingerprint density at radius 3 is 2.50 bits per heavy atom. The molecule has 2 heterocycles. The van der Waals surface area contributed by atoms with E-state index in [2.05, 4.69) is 40.9 Å². The molecule has 0 radical (unpaired) electrons. The van der Waals surface area contributed by atoms with Crippen molar-refractivity contribution in [2.45, 2.75) is 71.1 Å². The van der Waals surface area contributed by atoms with Crippen molar-refractivity contribution in [2.24, 2.45) is 4.99 Å². The van der Waals surface area contributed by atoms with Crippen molar-refractivity contribution in [1.82, 2.24) is 15.1 Å². The van der Waals surface area contributed by atoms with Gasteiger partial charge >= 0.3 is 0 Å². The highest BCUT2D eigenvalue weighted by Crippen LogP contribution is 2.19. The first-order chi connectivity index (χ1) is 11.2. The number of nitrogens with zero attached hydrogens (tertiary/aromatic N) is 3. The summed E-state index contributed by atoms with van der Waals surface area (Å²) in [5.74, 6) is 1.05. The fourth-order valence-electron chi connectivity index (χ4n) is 3.93. The summed E-state index contributed by atoms with van der Waals surface area (Å²) in [6.07, 6.45) is 6.70. The van der Waals surface area contributed by atoms with Gasteiger partial charge in [0.1, 0.15) is 0 Å². The van der Waals surface area contributed by atoms with E-state index in [0.717, 1.165) is 45.0 Å². The van der Waals surface area contributed by atoms with Crippen molar-refractivity contribution in [1.29, 1.82) is 0 Å². The molecule has 24 heavy (non-hydrogen) atoms. The Balaban J connectivity index is 0.00000288. The van der Waals surface area contributed by atoms with Crippen molar-refractivity contribution < 1.29 is 4.74 Å². The van der Waals surface area contributed by atoms with E-state index in [9.17, 15) is 0 Å². The molecule has 2 saturated heterocycles. The van der Waals surface area contributed by atoms with Crippen LogP contribution in [0.1, 0.15) is 52.9 Å². The Bertz CT molecular complexity index is 372. The molecule has 0 amide bonds. The Morgan fingerprint density at radius 2 is 1.92 bits per heavy atom. The lowest BCUT2D eigenvalue weighted by Crippen LogP contribution is -2.52. The van der Waals surface area contributed by atoms with Crippen LogP contribution >= 0.6 is 24.0 Å². The normalized spacial score (nSPS) is 25.2. The lowest BCUT2D eigenvalue weighted by molar-refractivity contribution is 0.0262. The molecule has 142 valence electrons. The Hall–Kier alpha value is -0.0800. The third kappa shape index (κ3) is 6.33. The standard InChI is InChI=1S/C18H36N4O.HI/c1-5-23-17-9-12-21(13-10-17)18(19-4)20-14-16(3)22-11-7-6-8-15(22)2;/h15-17H,5-14H2,1-4H3,(H,19,20);1H. The first-order valence-corrected chi connectivity index (χ1v) is 9.48. The lowest BCUT2D eigenvalue weighted by Gasteiger charge is -2.39. The summed E-state index contributed by atoms with van der Waals surface area (Å²) in [5, 5.41) is 3.60. The minimum atomic E-state index is 0. The molecular weight excluding hydrogens is 415 g/mol. The maximum atomic E-state index is 5.74. The minimum Gasteiger partial charge on any atom is -0.378 e. The zero-order chi connectivity index (χ0) is 16.7. The topological polar surface area (TPSA) is 40.1 Å². The molecule has 0 aromatic carbocycles. The number of likely N-dealkylation sites (tertiary alicyclic amines) is 2. The average molecular weight is 452 g/mol. The fourth-order valence-corrected chi connectivity index (χ4v) is 3.93. The molecule has 0 saturated carbocycles. The van der Waals surface area contributed by atoms with E-state index < -0.39 is 0 Å². The van der Waals surface area contributed by atoms with Crippen LogP contribution in [0.3, 0.4) is 0 Å². The van der Waals surface area contributed by atoms with Crippen molar-refractivity contribution in [3.05, 3.63) is 0 Å². The monoisotopic (exact) mass is 452 g/mol. The van der Waals surface area contributed by atoms with Crippen LogP contribution in [0.4, 0.5) is 0 Å². The van der Waals surface area contributed by atoms with E-state index in [1.54, 1.807) is 0 Å². The molecular formula is C18H37IN4O. The van der Waals surface area contributed by atoms with Crippen LogP contribution < -0.4 is 5.32 Å². The lowest BCUT2D eigenvalue weighted by atomic mass is 10.0. The van der Waals surface area contributed by atoms with Gasteiger partial charge in [0.25, 0.3) is 0 Å². The predicted octanol–water partition coefficient (Wildman–Crippen LogP) is 2.94. The zero-order valence-electron chi connectivity index (χ0n) is 16.0. The Morgan fingerprint density at radius 1 is 1.21 bits per heavy atom. The minimum absolute atomic E-state index is 0. The fraction of sp³-hybridized carbons (Fsp3) is 0.944. The van der Waals surface area contributed by atoms with E-state index in [0.29, 0.717) is 18.2 Å². The summed E-state index contributed by atoms with van der Waals surface area (Å²) in [6.45, 7) is 11.9. The van der Waals surface area contributed by atoms with Gasteiger partial charge in [-0.1, -0.05) is 6.42 Å². The highest BCUT2D eigenvalue weighted by molar-refractivity contribution is 14.0. The van der Waals surface area contributed by atoms with Gasteiger partial charge < -0.3 is 15.0 Å². The van der Waals surface area contributed by atoms with Gasteiger partial charge in [0.2, 0.25) is 0 Å². The number of piperidine rings is 2. The molecule has 0 spiro atoms. The average Bonchev–Trinajstić information content (AvgIpc) is 2.57. The molecule has 2 aliphatic rings. The van der Waals surface area contributed by atoms with Crippen molar-refractivity contribution in [2.75, 3.05) is 39.8 Å². The van der Waals surface area contributed by atoms with E-state index in [-0.39, 0.29) is 24.0 Å². The third-order valence-electron chi connectivity index (χ3n) is 5.33. The maximum absolute atomic E-state index is 5.74. The molecule has 2 fully saturated rings. The number of aliphatic imine (C=N–C) groups is 1. The number of hydrogen-bond donors (Lipinski definition) is 1. The number of nitrogens with one attached hydrogen (secondary N) is 1. The van der Waals surface area contributed by atoms with Crippen LogP contribution in [0, 0.1) is 0 Å².